The first-order valence-electron chi connectivity index (χ1n) is 10.8. The summed E-state index contributed by atoms with van der Waals surface area (Å²) in [6.07, 6.45) is 3.85. The predicted molar refractivity (Wildman–Crippen MR) is 116 cm³/mol. The fourth-order valence-corrected chi connectivity index (χ4v) is 6.40. The normalized spacial score (nSPS) is 27.1. The Morgan fingerprint density at radius 2 is 2.00 bits per heavy atom. The summed E-state index contributed by atoms with van der Waals surface area (Å²) < 4.78 is 5.50. The van der Waals surface area contributed by atoms with Crippen molar-refractivity contribution in [2.24, 2.45) is 5.92 Å². The van der Waals surface area contributed by atoms with Crippen LogP contribution >= 0.6 is 0 Å². The highest BCUT2D eigenvalue weighted by Crippen LogP contribution is 2.57. The van der Waals surface area contributed by atoms with Gasteiger partial charge in [0.25, 0.3) is 0 Å². The number of aromatic hydroxyl groups is 1. The second kappa shape index (κ2) is 6.35. The second-order valence-corrected chi connectivity index (χ2v) is 9.17. The molecule has 0 unspecified atom stereocenters. The number of hydrogen-bond acceptors (Lipinski definition) is 4. The van der Waals surface area contributed by atoms with Gasteiger partial charge in [-0.15, -0.1) is 0 Å². The van der Waals surface area contributed by atoms with Gasteiger partial charge in [0.1, 0.15) is 5.82 Å². The summed E-state index contributed by atoms with van der Waals surface area (Å²) in [4.78, 5) is 11.2. The number of rotatable bonds is 2. The molecule has 0 amide bonds. The lowest BCUT2D eigenvalue weighted by molar-refractivity contribution is 0.0215. The molecule has 2 N–H and O–H groups in total. The minimum atomic E-state index is -0.0725. The van der Waals surface area contributed by atoms with Crippen molar-refractivity contribution in [2.75, 3.05) is 20.7 Å². The Hall–Kier alpha value is -2.79. The van der Waals surface area contributed by atoms with Crippen LogP contribution in [0.4, 0.5) is 0 Å². The van der Waals surface area contributed by atoms with Gasteiger partial charge in [-0.1, -0.05) is 36.4 Å². The first-order chi connectivity index (χ1) is 14.6. The van der Waals surface area contributed by atoms with E-state index in [2.05, 4.69) is 47.3 Å². The Morgan fingerprint density at radius 1 is 1.17 bits per heavy atom. The number of phenols is 1. The maximum atomic E-state index is 11.2. The van der Waals surface area contributed by atoms with E-state index < -0.39 is 0 Å². The van der Waals surface area contributed by atoms with Crippen LogP contribution in [0.25, 0.3) is 11.4 Å². The summed E-state index contributed by atoms with van der Waals surface area (Å²) in [6, 6.07) is 14.9. The number of nitrogens with zero attached hydrogens (tertiary/aromatic N) is 2. The molecule has 2 heterocycles. The molecule has 0 radical (unpaired) electrons. The van der Waals surface area contributed by atoms with Crippen LogP contribution < -0.4 is 4.74 Å². The average molecular weight is 402 g/mol. The van der Waals surface area contributed by atoms with E-state index in [4.69, 9.17) is 9.72 Å². The maximum absolute atomic E-state index is 11.2. The van der Waals surface area contributed by atoms with Crippen molar-refractivity contribution in [2.45, 2.75) is 37.1 Å². The summed E-state index contributed by atoms with van der Waals surface area (Å²) in [7, 11) is 3.88. The zero-order valence-corrected chi connectivity index (χ0v) is 17.5. The Labute approximate surface area is 176 Å². The smallest absolute Gasteiger partial charge is 0.161 e. The van der Waals surface area contributed by atoms with Crippen LogP contribution in [0.1, 0.15) is 28.9 Å². The third kappa shape index (κ3) is 2.36. The summed E-state index contributed by atoms with van der Waals surface area (Å²) in [5.74, 6) is 2.32. The van der Waals surface area contributed by atoms with Gasteiger partial charge in [-0.3, -0.25) is 0 Å². The molecule has 3 atom stereocenters. The highest BCUT2D eigenvalue weighted by atomic mass is 16.5. The standard InChI is InChI=1S/C25H27N3O2/c1-28-11-10-25-14-19-18(26-24(27-19)15-6-4-3-5-7-15)13-17(25)20(28)12-16-8-9-21(30-2)23(29)22(16)25/h3-9,17,20,29H,10-14H2,1-2H3,(H,26,27)/t17-,20+,25-/m1/s1. The molecule has 5 nitrogen and oxygen atoms in total. The quantitative estimate of drug-likeness (QED) is 0.687. The minimum absolute atomic E-state index is 0.0725. The van der Waals surface area contributed by atoms with Crippen LogP contribution in [0, 0.1) is 5.92 Å². The topological polar surface area (TPSA) is 61.4 Å². The Bertz CT molecular complexity index is 1120. The molecule has 2 bridgehead atoms. The number of phenolic OH excluding ortho intramolecular Hbond substituents is 1. The molecule has 0 saturated carbocycles. The number of fused-ring (bicyclic) bond motifs is 2. The summed E-state index contributed by atoms with van der Waals surface area (Å²) >= 11 is 0. The van der Waals surface area contributed by atoms with Crippen molar-refractivity contribution in [3.8, 4) is 22.9 Å². The lowest BCUT2D eigenvalue weighted by Gasteiger charge is -2.57. The molecule has 0 spiro atoms. The van der Waals surface area contributed by atoms with Gasteiger partial charge < -0.3 is 19.7 Å². The minimum Gasteiger partial charge on any atom is -0.504 e. The van der Waals surface area contributed by atoms with Gasteiger partial charge in [0.2, 0.25) is 0 Å². The number of aromatic amines is 1. The third-order valence-electron chi connectivity index (χ3n) is 7.84. The van der Waals surface area contributed by atoms with Crippen molar-refractivity contribution in [3.63, 3.8) is 0 Å². The van der Waals surface area contributed by atoms with Gasteiger partial charge in [0.05, 0.1) is 12.8 Å². The van der Waals surface area contributed by atoms with E-state index in [-0.39, 0.29) is 5.41 Å². The first-order valence-corrected chi connectivity index (χ1v) is 10.8. The molecule has 1 fully saturated rings. The molecule has 5 heteroatoms. The van der Waals surface area contributed by atoms with Gasteiger partial charge in [-0.25, -0.2) is 4.98 Å². The average Bonchev–Trinajstić information content (AvgIpc) is 3.18. The molecule has 1 aliphatic heterocycles. The molecular formula is C25H27N3O2. The van der Waals surface area contributed by atoms with Gasteiger partial charge in [0, 0.05) is 28.3 Å². The zero-order chi connectivity index (χ0) is 20.5. The van der Waals surface area contributed by atoms with E-state index in [1.165, 1.54) is 17.0 Å². The third-order valence-corrected chi connectivity index (χ3v) is 7.84. The van der Waals surface area contributed by atoms with Gasteiger partial charge >= 0.3 is 0 Å². The molecule has 6 rings (SSSR count). The van der Waals surface area contributed by atoms with Gasteiger partial charge in [-0.2, -0.15) is 0 Å². The Morgan fingerprint density at radius 3 is 2.80 bits per heavy atom. The van der Waals surface area contributed by atoms with Crippen molar-refractivity contribution < 1.29 is 9.84 Å². The van der Waals surface area contributed by atoms with Crippen LogP contribution in [-0.2, 0) is 24.7 Å². The molecule has 2 aliphatic carbocycles. The van der Waals surface area contributed by atoms with Crippen molar-refractivity contribution in [1.29, 1.82) is 0 Å². The molecule has 3 aromatic rings. The SMILES string of the molecule is COc1ccc2c(c1O)[C@@]13CCN(C)[C@@H](C2)[C@H]1Cc1nc(-c2ccccc2)[nH]c1C3. The van der Waals surface area contributed by atoms with E-state index in [1.807, 2.05) is 12.1 Å². The van der Waals surface area contributed by atoms with E-state index in [0.29, 0.717) is 23.5 Å². The number of imidazole rings is 1. The molecule has 1 aromatic heterocycles. The van der Waals surface area contributed by atoms with Crippen LogP contribution in [0.5, 0.6) is 11.5 Å². The summed E-state index contributed by atoms with van der Waals surface area (Å²) in [5, 5.41) is 11.2. The van der Waals surface area contributed by atoms with Crippen LogP contribution in [0.15, 0.2) is 42.5 Å². The first kappa shape index (κ1) is 18.0. The number of aromatic nitrogens is 2. The molecule has 30 heavy (non-hydrogen) atoms. The van der Waals surface area contributed by atoms with Crippen molar-refractivity contribution in [1.82, 2.24) is 14.9 Å². The number of likely N-dealkylation sites (tertiary alicyclic amines) is 1. The van der Waals surface area contributed by atoms with E-state index in [9.17, 15) is 5.11 Å². The molecule has 154 valence electrons. The number of H-pyrrole nitrogens is 1. The maximum Gasteiger partial charge on any atom is 0.161 e. The van der Waals surface area contributed by atoms with Crippen molar-refractivity contribution >= 4 is 0 Å². The lowest BCUT2D eigenvalue weighted by Crippen LogP contribution is -2.61. The zero-order valence-electron chi connectivity index (χ0n) is 17.5. The number of hydrogen-bond donors (Lipinski definition) is 2. The fraction of sp³-hybridized carbons (Fsp3) is 0.400. The number of nitrogens with one attached hydrogen (secondary N) is 1. The molecule has 1 saturated heterocycles. The summed E-state index contributed by atoms with van der Waals surface area (Å²) in [6.45, 7) is 1.05. The van der Waals surface area contributed by atoms with Gasteiger partial charge in [0.15, 0.2) is 11.5 Å². The Balaban J connectivity index is 1.52. The second-order valence-electron chi connectivity index (χ2n) is 9.17. The summed E-state index contributed by atoms with van der Waals surface area (Å²) in [5.41, 5.74) is 5.86. The Kier molecular flexibility index (Phi) is 3.81. The molecular weight excluding hydrogens is 374 g/mol. The van der Waals surface area contributed by atoms with Crippen LogP contribution in [0.3, 0.4) is 0 Å². The highest BCUT2D eigenvalue weighted by molar-refractivity contribution is 5.59. The molecule has 2 aromatic carbocycles. The largest absolute Gasteiger partial charge is 0.504 e. The lowest BCUT2D eigenvalue weighted by atomic mass is 9.52. The van der Waals surface area contributed by atoms with E-state index in [1.54, 1.807) is 7.11 Å². The van der Waals surface area contributed by atoms with Crippen LogP contribution in [-0.4, -0.2) is 46.7 Å². The molecule has 3 aliphatic rings. The number of ether oxygens (including phenoxy) is 1. The number of piperidine rings is 1. The van der Waals surface area contributed by atoms with E-state index in [0.717, 1.165) is 49.2 Å². The predicted octanol–water partition coefficient (Wildman–Crippen LogP) is 3.70. The van der Waals surface area contributed by atoms with Crippen LogP contribution in [0.2, 0.25) is 0 Å². The number of methoxy groups -OCH3 is 1. The van der Waals surface area contributed by atoms with Gasteiger partial charge in [-0.05, 0) is 56.8 Å². The number of benzene rings is 2. The van der Waals surface area contributed by atoms with Crippen molar-refractivity contribution in [3.05, 3.63) is 65.0 Å². The highest BCUT2D eigenvalue weighted by Gasteiger charge is 2.56. The fourth-order valence-electron chi connectivity index (χ4n) is 6.40. The monoisotopic (exact) mass is 401 g/mol. The van der Waals surface area contributed by atoms with E-state index >= 15 is 0 Å². The number of likely N-dealkylation sites (N-methyl/N-ethyl adjacent to an activating group) is 1.